The van der Waals surface area contributed by atoms with E-state index >= 15 is 0 Å². The van der Waals surface area contributed by atoms with E-state index < -0.39 is 21.8 Å². The molecule has 1 fully saturated rings. The third-order valence-corrected chi connectivity index (χ3v) is 6.44. The first kappa shape index (κ1) is 19.3. The summed E-state index contributed by atoms with van der Waals surface area (Å²) in [5, 5.41) is 2.72. The quantitative estimate of drug-likeness (QED) is 0.849. The highest BCUT2D eigenvalue weighted by molar-refractivity contribution is 7.89. The lowest BCUT2D eigenvalue weighted by Crippen LogP contribution is -2.43. The zero-order valence-corrected chi connectivity index (χ0v) is 15.7. The summed E-state index contributed by atoms with van der Waals surface area (Å²) in [6.07, 6.45) is 1.17. The number of benzene rings is 2. The molecule has 1 atom stereocenters. The molecule has 0 radical (unpaired) electrons. The third kappa shape index (κ3) is 4.28. The van der Waals surface area contributed by atoms with Crippen molar-refractivity contribution in [1.29, 1.82) is 0 Å². The fourth-order valence-electron chi connectivity index (χ4n) is 3.12. The summed E-state index contributed by atoms with van der Waals surface area (Å²) < 4.78 is 45.3. The van der Waals surface area contributed by atoms with Gasteiger partial charge in [-0.25, -0.2) is 12.8 Å². The lowest BCUT2D eigenvalue weighted by molar-refractivity contribution is -0.120. The predicted octanol–water partition coefficient (Wildman–Crippen LogP) is 2.87. The molecule has 0 spiro atoms. The van der Waals surface area contributed by atoms with Gasteiger partial charge in [-0.3, -0.25) is 4.79 Å². The van der Waals surface area contributed by atoms with Crippen molar-refractivity contribution in [3.05, 3.63) is 54.3 Å². The van der Waals surface area contributed by atoms with E-state index in [4.69, 9.17) is 4.74 Å². The van der Waals surface area contributed by atoms with Crippen LogP contribution < -0.4 is 10.1 Å². The Labute approximate surface area is 158 Å². The molecule has 1 unspecified atom stereocenters. The van der Waals surface area contributed by atoms with Crippen LogP contribution in [0.15, 0.2) is 53.4 Å². The zero-order chi connectivity index (χ0) is 19.4. The average Bonchev–Trinajstić information content (AvgIpc) is 2.70. The molecule has 0 aromatic heterocycles. The second-order valence-corrected chi connectivity index (χ2v) is 8.29. The minimum absolute atomic E-state index is 0.104. The van der Waals surface area contributed by atoms with Crippen molar-refractivity contribution in [2.45, 2.75) is 17.7 Å². The molecule has 2 aromatic carbocycles. The highest BCUT2D eigenvalue weighted by Gasteiger charge is 2.33. The zero-order valence-electron chi connectivity index (χ0n) is 14.9. The van der Waals surface area contributed by atoms with Gasteiger partial charge < -0.3 is 10.1 Å². The second-order valence-electron chi connectivity index (χ2n) is 6.35. The number of rotatable bonds is 5. The molecule has 6 nitrogen and oxygen atoms in total. The minimum atomic E-state index is -3.64. The molecule has 0 bridgehead atoms. The Morgan fingerprint density at radius 1 is 1.22 bits per heavy atom. The number of sulfonamides is 1. The Balaban J connectivity index is 1.74. The van der Waals surface area contributed by atoms with Crippen molar-refractivity contribution >= 4 is 21.6 Å². The van der Waals surface area contributed by atoms with Crippen molar-refractivity contribution in [3.63, 3.8) is 0 Å². The maximum atomic E-state index is 13.3. The largest absolute Gasteiger partial charge is 0.494 e. The van der Waals surface area contributed by atoms with Crippen LogP contribution in [-0.2, 0) is 14.8 Å². The smallest absolute Gasteiger partial charge is 0.243 e. The van der Waals surface area contributed by atoms with Crippen LogP contribution in [0.25, 0.3) is 0 Å². The third-order valence-electron chi connectivity index (χ3n) is 4.56. The van der Waals surface area contributed by atoms with Crippen LogP contribution in [0, 0.1) is 11.7 Å². The number of halogens is 1. The predicted molar refractivity (Wildman–Crippen MR) is 99.5 cm³/mol. The van der Waals surface area contributed by atoms with E-state index in [-0.39, 0.29) is 23.1 Å². The molecule has 144 valence electrons. The van der Waals surface area contributed by atoms with Crippen molar-refractivity contribution in [1.82, 2.24) is 4.31 Å². The van der Waals surface area contributed by atoms with Crippen LogP contribution in [-0.4, -0.2) is 38.8 Å². The first-order valence-electron chi connectivity index (χ1n) is 8.61. The van der Waals surface area contributed by atoms with Crippen LogP contribution in [0.3, 0.4) is 0 Å². The molecule has 1 heterocycles. The van der Waals surface area contributed by atoms with Gasteiger partial charge in [-0.2, -0.15) is 4.31 Å². The van der Waals surface area contributed by atoms with Gasteiger partial charge in [0.25, 0.3) is 0 Å². The normalized spacial score (nSPS) is 18.1. The van der Waals surface area contributed by atoms with Gasteiger partial charge in [0.15, 0.2) is 0 Å². The van der Waals surface area contributed by atoms with Crippen molar-refractivity contribution in [2.75, 3.05) is 25.5 Å². The molecular weight excluding hydrogens is 371 g/mol. The molecular formula is C19H21FN2O4S. The van der Waals surface area contributed by atoms with E-state index in [1.807, 2.05) is 0 Å². The summed E-state index contributed by atoms with van der Waals surface area (Å²) >= 11 is 0. The number of hydrogen-bond donors (Lipinski definition) is 1. The van der Waals surface area contributed by atoms with Crippen molar-refractivity contribution in [2.24, 2.45) is 5.92 Å². The monoisotopic (exact) mass is 392 g/mol. The molecule has 1 aliphatic heterocycles. The number of amides is 1. The number of methoxy groups -OCH3 is 1. The molecule has 0 saturated carbocycles. The highest BCUT2D eigenvalue weighted by Crippen LogP contribution is 2.28. The summed E-state index contributed by atoms with van der Waals surface area (Å²) in [5.74, 6) is -1.06. The number of carbonyl (C=O) groups is 1. The highest BCUT2D eigenvalue weighted by atomic mass is 32.2. The second kappa shape index (κ2) is 8.06. The van der Waals surface area contributed by atoms with Gasteiger partial charge >= 0.3 is 0 Å². The van der Waals surface area contributed by atoms with Crippen molar-refractivity contribution in [3.8, 4) is 5.75 Å². The van der Waals surface area contributed by atoms with Crippen molar-refractivity contribution < 1.29 is 22.3 Å². The molecule has 8 heteroatoms. The molecule has 27 heavy (non-hydrogen) atoms. The fraction of sp³-hybridized carbons (Fsp3) is 0.316. The first-order valence-corrected chi connectivity index (χ1v) is 10.1. The molecule has 1 amide bonds. The minimum Gasteiger partial charge on any atom is -0.494 e. The van der Waals surface area contributed by atoms with Gasteiger partial charge in [-0.1, -0.05) is 18.2 Å². The van der Waals surface area contributed by atoms with Crippen LogP contribution in [0.5, 0.6) is 5.75 Å². The van der Waals surface area contributed by atoms with Gasteiger partial charge in [0.1, 0.15) is 11.6 Å². The average molecular weight is 392 g/mol. The number of ether oxygens (including phenoxy) is 1. The number of nitrogens with zero attached hydrogens (tertiary/aromatic N) is 1. The first-order chi connectivity index (χ1) is 12.9. The Morgan fingerprint density at radius 3 is 2.67 bits per heavy atom. The molecule has 1 saturated heterocycles. The summed E-state index contributed by atoms with van der Waals surface area (Å²) in [5.41, 5.74) is 0.354. The summed E-state index contributed by atoms with van der Waals surface area (Å²) in [4.78, 5) is 12.9. The molecule has 1 N–H and O–H groups in total. The van der Waals surface area contributed by atoms with Gasteiger partial charge in [0.2, 0.25) is 15.9 Å². The Bertz CT molecular complexity index is 919. The fourth-order valence-corrected chi connectivity index (χ4v) is 4.66. The van der Waals surface area contributed by atoms with Gasteiger partial charge in [0, 0.05) is 19.2 Å². The number of hydrogen-bond acceptors (Lipinski definition) is 4. The Kier molecular flexibility index (Phi) is 5.76. The summed E-state index contributed by atoms with van der Waals surface area (Å²) in [6.45, 7) is 0.480. The van der Waals surface area contributed by atoms with Crippen LogP contribution in [0.2, 0.25) is 0 Å². The lowest BCUT2D eigenvalue weighted by Gasteiger charge is -2.31. The maximum Gasteiger partial charge on any atom is 0.243 e. The summed E-state index contributed by atoms with van der Waals surface area (Å²) in [7, 11) is -2.25. The maximum absolute atomic E-state index is 13.3. The number of nitrogens with one attached hydrogen (secondary N) is 1. The number of carbonyl (C=O) groups excluding carboxylic acids is 1. The van der Waals surface area contributed by atoms with E-state index in [9.17, 15) is 17.6 Å². The lowest BCUT2D eigenvalue weighted by atomic mass is 9.98. The van der Waals surface area contributed by atoms with E-state index in [0.717, 1.165) is 0 Å². The molecule has 3 rings (SSSR count). The van der Waals surface area contributed by atoms with Gasteiger partial charge in [0.05, 0.1) is 23.6 Å². The van der Waals surface area contributed by atoms with Crippen LogP contribution in [0.1, 0.15) is 12.8 Å². The van der Waals surface area contributed by atoms with E-state index in [0.29, 0.717) is 25.1 Å². The molecule has 2 aromatic rings. The van der Waals surface area contributed by atoms with Gasteiger partial charge in [-0.05, 0) is 37.1 Å². The van der Waals surface area contributed by atoms with Crippen LogP contribution >= 0.6 is 0 Å². The van der Waals surface area contributed by atoms with Crippen LogP contribution in [0.4, 0.5) is 10.1 Å². The Morgan fingerprint density at radius 2 is 1.96 bits per heavy atom. The SMILES string of the molecule is COc1cc(F)ccc1NC(=O)C1CCCN(S(=O)(=O)c2ccccc2)C1. The molecule has 1 aliphatic rings. The standard InChI is InChI=1S/C19H21FN2O4S/c1-26-18-12-15(20)9-10-17(18)21-19(23)14-6-5-11-22(13-14)27(24,25)16-7-3-2-4-8-16/h2-4,7-10,12,14H,5-6,11,13H2,1H3,(H,21,23). The van der Waals surface area contributed by atoms with Gasteiger partial charge in [-0.15, -0.1) is 0 Å². The molecule has 0 aliphatic carbocycles. The topological polar surface area (TPSA) is 75.7 Å². The van der Waals surface area contributed by atoms with E-state index in [1.165, 1.54) is 29.6 Å². The Hall–Kier alpha value is -2.45. The number of anilines is 1. The summed E-state index contributed by atoms with van der Waals surface area (Å²) in [6, 6.07) is 12.0. The number of piperidine rings is 1. The van der Waals surface area contributed by atoms with E-state index in [2.05, 4.69) is 5.32 Å². The van der Waals surface area contributed by atoms with E-state index in [1.54, 1.807) is 30.3 Å².